The molecule has 0 amide bonds. The Kier molecular flexibility index (Phi) is 7.35. The Bertz CT molecular complexity index is 1220. The van der Waals surface area contributed by atoms with Gasteiger partial charge in [0.15, 0.2) is 0 Å². The minimum Gasteiger partial charge on any atom is -0.748 e. The highest BCUT2D eigenvalue weighted by atomic mass is 32.2. The summed E-state index contributed by atoms with van der Waals surface area (Å²) in [6.07, 6.45) is 4.09. The number of thiazole rings is 1. The second-order valence-electron chi connectivity index (χ2n) is 6.50. The van der Waals surface area contributed by atoms with E-state index >= 15 is 0 Å². The van der Waals surface area contributed by atoms with Gasteiger partial charge >= 0.3 is 0 Å². The van der Waals surface area contributed by atoms with Crippen molar-refractivity contribution in [2.45, 2.75) is 5.75 Å². The van der Waals surface area contributed by atoms with Gasteiger partial charge in [0, 0.05) is 24.0 Å². The highest BCUT2D eigenvalue weighted by molar-refractivity contribution is 7.84. The summed E-state index contributed by atoms with van der Waals surface area (Å²) in [6, 6.07) is 27.0. The van der Waals surface area contributed by atoms with E-state index in [-0.39, 0.29) is 0 Å². The summed E-state index contributed by atoms with van der Waals surface area (Å²) in [5, 5.41) is 4.50. The van der Waals surface area contributed by atoms with Crippen molar-refractivity contribution < 1.29 is 17.5 Å². The number of rotatable bonds is 5. The highest BCUT2D eigenvalue weighted by Gasteiger charge is 2.12. The zero-order valence-electron chi connectivity index (χ0n) is 16.4. The molecular formula is C23H22N2O3S2. The number of anilines is 1. The zero-order chi connectivity index (χ0) is 21.4. The van der Waals surface area contributed by atoms with E-state index in [1.165, 1.54) is 15.2 Å². The van der Waals surface area contributed by atoms with Gasteiger partial charge in [0.25, 0.3) is 5.01 Å². The van der Waals surface area contributed by atoms with Gasteiger partial charge < -0.3 is 9.87 Å². The fourth-order valence-corrected chi connectivity index (χ4v) is 4.44. The van der Waals surface area contributed by atoms with Crippen LogP contribution in [0.1, 0.15) is 10.6 Å². The molecule has 0 unspecified atom stereocenters. The van der Waals surface area contributed by atoms with E-state index in [0.717, 1.165) is 5.69 Å². The molecule has 1 heterocycles. The molecule has 1 aromatic heterocycles. The Morgan fingerprint density at radius 3 is 2.17 bits per heavy atom. The first kappa shape index (κ1) is 21.7. The Labute approximate surface area is 180 Å². The van der Waals surface area contributed by atoms with E-state index in [0.29, 0.717) is 5.56 Å². The molecule has 0 aliphatic rings. The molecule has 0 saturated carbocycles. The molecule has 0 fully saturated rings. The van der Waals surface area contributed by atoms with Gasteiger partial charge in [-0.3, -0.25) is 0 Å². The maximum absolute atomic E-state index is 10.2. The van der Waals surface area contributed by atoms with Gasteiger partial charge in [0.1, 0.15) is 11.7 Å². The van der Waals surface area contributed by atoms with Crippen LogP contribution in [0.2, 0.25) is 0 Å². The van der Waals surface area contributed by atoms with Crippen LogP contribution in [0.5, 0.6) is 0 Å². The quantitative estimate of drug-likeness (QED) is 0.367. The first-order chi connectivity index (χ1) is 14.4. The molecule has 4 rings (SSSR count). The maximum Gasteiger partial charge on any atom is 0.263 e. The minimum atomic E-state index is -4.13. The summed E-state index contributed by atoms with van der Waals surface area (Å²) in [5.41, 5.74) is 2.90. The molecule has 0 saturated heterocycles. The number of benzene rings is 3. The number of hydrogen-bond acceptors (Lipinski definition) is 5. The zero-order valence-corrected chi connectivity index (χ0v) is 18.1. The third-order valence-electron chi connectivity index (χ3n) is 4.21. The average Bonchev–Trinajstić information content (AvgIpc) is 3.05. The topological polar surface area (TPSA) is 73.1 Å². The van der Waals surface area contributed by atoms with Gasteiger partial charge in [-0.05, 0) is 23.8 Å². The van der Waals surface area contributed by atoms with Gasteiger partial charge in [-0.2, -0.15) is 4.57 Å². The number of para-hydroxylation sites is 2. The van der Waals surface area contributed by atoms with Gasteiger partial charge in [-0.15, -0.1) is 0 Å². The van der Waals surface area contributed by atoms with Crippen molar-refractivity contribution in [2.75, 3.05) is 5.32 Å². The van der Waals surface area contributed by atoms with Crippen molar-refractivity contribution in [1.29, 1.82) is 0 Å². The largest absolute Gasteiger partial charge is 0.748 e. The van der Waals surface area contributed by atoms with Crippen molar-refractivity contribution in [3.05, 3.63) is 102 Å². The second kappa shape index (κ2) is 10.2. The number of nitrogens with one attached hydrogen (secondary N) is 1. The molecule has 0 aliphatic carbocycles. The lowest BCUT2D eigenvalue weighted by atomic mass is 10.2. The first-order valence-electron chi connectivity index (χ1n) is 9.25. The van der Waals surface area contributed by atoms with Crippen LogP contribution in [0.25, 0.3) is 16.3 Å². The minimum absolute atomic E-state index is 0.423. The van der Waals surface area contributed by atoms with Gasteiger partial charge in [0.05, 0.1) is 15.9 Å². The summed E-state index contributed by atoms with van der Waals surface area (Å²) < 4.78 is 34.3. The molecule has 7 heteroatoms. The molecule has 0 bridgehead atoms. The van der Waals surface area contributed by atoms with Gasteiger partial charge in [-0.25, -0.2) is 8.42 Å². The summed E-state index contributed by atoms with van der Waals surface area (Å²) in [7, 11) is -2.03. The van der Waals surface area contributed by atoms with E-state index in [2.05, 4.69) is 59.4 Å². The van der Waals surface area contributed by atoms with E-state index in [1.54, 1.807) is 41.7 Å². The third kappa shape index (κ3) is 6.52. The van der Waals surface area contributed by atoms with Crippen LogP contribution in [-0.4, -0.2) is 13.0 Å². The van der Waals surface area contributed by atoms with Crippen molar-refractivity contribution in [2.24, 2.45) is 7.05 Å². The average molecular weight is 439 g/mol. The first-order valence-corrected chi connectivity index (χ1v) is 11.6. The lowest BCUT2D eigenvalue weighted by Crippen LogP contribution is -2.28. The van der Waals surface area contributed by atoms with Crippen molar-refractivity contribution in [3.63, 3.8) is 0 Å². The van der Waals surface area contributed by atoms with Gasteiger partial charge in [-0.1, -0.05) is 72.0 Å². The number of aromatic nitrogens is 1. The maximum atomic E-state index is 10.2. The van der Waals surface area contributed by atoms with Crippen LogP contribution < -0.4 is 9.88 Å². The lowest BCUT2D eigenvalue weighted by Gasteiger charge is -2.05. The molecule has 154 valence electrons. The summed E-state index contributed by atoms with van der Waals surface area (Å²) in [4.78, 5) is 0. The predicted molar refractivity (Wildman–Crippen MR) is 122 cm³/mol. The molecule has 0 aliphatic heterocycles. The van der Waals surface area contributed by atoms with E-state index < -0.39 is 15.9 Å². The van der Waals surface area contributed by atoms with Crippen LogP contribution in [0.4, 0.5) is 5.69 Å². The molecular weight excluding hydrogens is 416 g/mol. The van der Waals surface area contributed by atoms with Gasteiger partial charge in [0.2, 0.25) is 5.52 Å². The number of nitrogens with zero attached hydrogens (tertiary/aromatic N) is 1. The van der Waals surface area contributed by atoms with Crippen molar-refractivity contribution in [3.8, 4) is 0 Å². The fourth-order valence-electron chi connectivity index (χ4n) is 2.79. The van der Waals surface area contributed by atoms with E-state index in [9.17, 15) is 13.0 Å². The van der Waals surface area contributed by atoms with Crippen LogP contribution in [0.15, 0.2) is 91.1 Å². The lowest BCUT2D eigenvalue weighted by molar-refractivity contribution is -0.642. The van der Waals surface area contributed by atoms with E-state index in [1.807, 2.05) is 24.4 Å². The van der Waals surface area contributed by atoms with Crippen LogP contribution in [0.3, 0.4) is 0 Å². The monoisotopic (exact) mass is 438 g/mol. The van der Waals surface area contributed by atoms with Crippen molar-refractivity contribution in [1.82, 2.24) is 0 Å². The Morgan fingerprint density at radius 1 is 0.933 bits per heavy atom. The van der Waals surface area contributed by atoms with E-state index in [4.69, 9.17) is 0 Å². The summed E-state index contributed by atoms with van der Waals surface area (Å²) >= 11 is 1.80. The third-order valence-corrected chi connectivity index (χ3v) is 6.08. The molecule has 30 heavy (non-hydrogen) atoms. The molecule has 5 nitrogen and oxygen atoms in total. The van der Waals surface area contributed by atoms with Crippen LogP contribution in [-0.2, 0) is 22.9 Å². The SMILES string of the molecule is C[n+]1c(C=CNc2ccccc2)sc2ccccc21.O=S(=O)([O-])Cc1ccccc1. The standard InChI is InChI=1S/C16H14N2S.C7H8O3S/c1-18-14-9-5-6-10-15(14)19-16(18)11-12-17-13-7-3-2-4-8-13;8-11(9,10)6-7-4-2-1-3-5-7/h2-12H,1H3;1-5H,6H2,(H,8,9,10). The molecule has 0 radical (unpaired) electrons. The molecule has 4 aromatic rings. The Balaban J connectivity index is 0.000000199. The Morgan fingerprint density at radius 2 is 1.53 bits per heavy atom. The summed E-state index contributed by atoms with van der Waals surface area (Å²) in [5.74, 6) is -0.423. The molecule has 1 N–H and O–H groups in total. The number of aryl methyl sites for hydroxylation is 1. The smallest absolute Gasteiger partial charge is 0.263 e. The van der Waals surface area contributed by atoms with Crippen molar-refractivity contribution >= 4 is 43.4 Å². The Hall–Kier alpha value is -3.00. The predicted octanol–water partition coefficient (Wildman–Crippen LogP) is 4.54. The van der Waals surface area contributed by atoms with Crippen LogP contribution in [0, 0.1) is 0 Å². The number of fused-ring (bicyclic) bond motifs is 1. The highest BCUT2D eigenvalue weighted by Crippen LogP contribution is 2.20. The second-order valence-corrected chi connectivity index (χ2v) is 8.96. The van der Waals surface area contributed by atoms with Crippen LogP contribution >= 0.6 is 11.3 Å². The summed E-state index contributed by atoms with van der Waals surface area (Å²) in [6.45, 7) is 0. The fraction of sp³-hybridized carbons (Fsp3) is 0.0870. The normalized spacial score (nSPS) is 11.3. The number of hydrogen-bond donors (Lipinski definition) is 1. The molecule has 3 aromatic carbocycles. The molecule has 0 spiro atoms. The molecule has 0 atom stereocenters.